The summed E-state index contributed by atoms with van der Waals surface area (Å²) in [6.07, 6.45) is 1.85. The molecule has 0 radical (unpaired) electrons. The number of benzene rings is 3. The number of rotatable bonds is 8. The predicted molar refractivity (Wildman–Crippen MR) is 155 cm³/mol. The highest BCUT2D eigenvalue weighted by Gasteiger charge is 2.43. The van der Waals surface area contributed by atoms with E-state index in [-0.39, 0.29) is 12.2 Å². The number of carbonyl (C=O) groups is 1. The maximum atomic E-state index is 14.0. The predicted octanol–water partition coefficient (Wildman–Crippen LogP) is 3.32. The average molecular weight is 554 g/mol. The van der Waals surface area contributed by atoms with E-state index in [1.807, 2.05) is 101 Å². The lowest BCUT2D eigenvalue weighted by Crippen LogP contribution is -2.42. The molecule has 0 aliphatic carbocycles. The molecule has 0 bridgehead atoms. The molecule has 2 unspecified atom stereocenters. The molecule has 2 aromatic heterocycles. The minimum Gasteiger partial charge on any atom is -0.494 e. The molecule has 0 amide bonds. The van der Waals surface area contributed by atoms with Gasteiger partial charge in [-0.3, -0.25) is 13.9 Å². The van der Waals surface area contributed by atoms with Crippen molar-refractivity contribution in [2.24, 2.45) is 14.1 Å². The molecule has 2 heterocycles. The van der Waals surface area contributed by atoms with Crippen LogP contribution in [0.3, 0.4) is 0 Å². The molecule has 0 spiro atoms. The maximum Gasteiger partial charge on any atom is 0.352 e. The second-order valence-corrected chi connectivity index (χ2v) is 10.2. The number of esters is 1. The summed E-state index contributed by atoms with van der Waals surface area (Å²) >= 11 is 0. The van der Waals surface area contributed by atoms with Gasteiger partial charge in [0.25, 0.3) is 5.56 Å². The van der Waals surface area contributed by atoms with Crippen LogP contribution in [0.2, 0.25) is 0 Å². The van der Waals surface area contributed by atoms with Crippen LogP contribution in [0.5, 0.6) is 5.88 Å². The number of carbonyl (C=O) groups excluding carboxylic acids is 1. The monoisotopic (exact) mass is 553 g/mol. The number of imidazole rings is 1. The van der Waals surface area contributed by atoms with E-state index in [9.17, 15) is 19.5 Å². The van der Waals surface area contributed by atoms with E-state index in [2.05, 4.69) is 0 Å². The van der Waals surface area contributed by atoms with E-state index in [1.165, 1.54) is 14.1 Å². The topological polar surface area (TPSA) is 99.3 Å². The van der Waals surface area contributed by atoms with Crippen LogP contribution in [0.1, 0.15) is 41.1 Å². The number of aromatic nitrogens is 4. The van der Waals surface area contributed by atoms with Crippen LogP contribution in [-0.4, -0.2) is 31.4 Å². The summed E-state index contributed by atoms with van der Waals surface area (Å²) in [4.78, 5) is 40.3. The fourth-order valence-electron chi connectivity index (χ4n) is 5.38. The molecule has 0 saturated carbocycles. The van der Waals surface area contributed by atoms with Crippen LogP contribution >= 0.6 is 0 Å². The Balaban J connectivity index is 1.83. The minimum atomic E-state index is -1.09. The largest absolute Gasteiger partial charge is 0.494 e. The van der Waals surface area contributed by atoms with Crippen molar-refractivity contribution in [2.45, 2.75) is 32.4 Å². The van der Waals surface area contributed by atoms with E-state index in [1.54, 1.807) is 6.92 Å². The molecule has 41 heavy (non-hydrogen) atoms. The lowest BCUT2D eigenvalue weighted by atomic mass is 9.85. The Bertz CT molecular complexity index is 1840. The van der Waals surface area contributed by atoms with Gasteiger partial charge >= 0.3 is 11.7 Å². The fourth-order valence-corrected chi connectivity index (χ4v) is 5.38. The summed E-state index contributed by atoms with van der Waals surface area (Å²) in [7, 11) is 2.75. The van der Waals surface area contributed by atoms with E-state index in [0.29, 0.717) is 12.1 Å². The molecule has 2 atom stereocenters. The summed E-state index contributed by atoms with van der Waals surface area (Å²) in [6.45, 7) is 4.33. The Labute approximate surface area is 237 Å². The number of hydrogen-bond donors (Lipinski definition) is 1. The van der Waals surface area contributed by atoms with Gasteiger partial charge in [-0.15, -0.1) is 0 Å². The van der Waals surface area contributed by atoms with Crippen LogP contribution in [0.4, 0.5) is 0 Å². The van der Waals surface area contributed by atoms with E-state index < -0.39 is 35.1 Å². The van der Waals surface area contributed by atoms with Crippen LogP contribution in [0.25, 0.3) is 11.0 Å². The Morgan fingerprint density at radius 1 is 0.927 bits per heavy atom. The minimum absolute atomic E-state index is 0.0658. The van der Waals surface area contributed by atoms with Crippen LogP contribution in [-0.2, 0) is 30.2 Å². The van der Waals surface area contributed by atoms with Crippen molar-refractivity contribution in [2.75, 3.05) is 6.61 Å². The molecule has 9 nitrogen and oxygen atoms in total. The zero-order valence-corrected chi connectivity index (χ0v) is 23.5. The van der Waals surface area contributed by atoms with E-state index >= 15 is 0 Å². The van der Waals surface area contributed by atoms with Crippen molar-refractivity contribution >= 4 is 17.0 Å². The number of aryl methyl sites for hydroxylation is 1. The Hall–Kier alpha value is -4.92. The lowest BCUT2D eigenvalue weighted by Gasteiger charge is -2.25. The van der Waals surface area contributed by atoms with E-state index in [4.69, 9.17) is 4.74 Å². The molecule has 9 heteroatoms. The smallest absolute Gasteiger partial charge is 0.352 e. The van der Waals surface area contributed by atoms with Crippen molar-refractivity contribution < 1.29 is 19.2 Å². The van der Waals surface area contributed by atoms with Crippen molar-refractivity contribution in [3.63, 3.8) is 0 Å². The number of hydrogen-bond acceptors (Lipinski definition) is 5. The van der Waals surface area contributed by atoms with Crippen LogP contribution in [0, 0.1) is 6.92 Å². The first-order valence-electron chi connectivity index (χ1n) is 13.5. The third kappa shape index (κ3) is 5.06. The van der Waals surface area contributed by atoms with Gasteiger partial charge in [-0.05, 0) is 37.1 Å². The molecule has 1 N–H and O–H groups in total. The van der Waals surface area contributed by atoms with Gasteiger partial charge in [0, 0.05) is 14.1 Å². The first-order valence-corrected chi connectivity index (χ1v) is 13.5. The molecule has 0 saturated heterocycles. The zero-order chi connectivity index (χ0) is 29.3. The molecule has 210 valence electrons. The van der Waals surface area contributed by atoms with Gasteiger partial charge in [0.05, 0.1) is 18.1 Å². The number of fused-ring (bicyclic) bond motifs is 1. The third-order valence-electron chi connectivity index (χ3n) is 7.49. The van der Waals surface area contributed by atoms with Gasteiger partial charge in [0.1, 0.15) is 6.54 Å². The first kappa shape index (κ1) is 27.6. The third-order valence-corrected chi connectivity index (χ3v) is 7.49. The number of para-hydroxylation sites is 2. The van der Waals surface area contributed by atoms with Crippen molar-refractivity contribution in [1.29, 1.82) is 0 Å². The first-order chi connectivity index (χ1) is 19.7. The normalized spacial score (nSPS) is 12.8. The summed E-state index contributed by atoms with van der Waals surface area (Å²) in [5.74, 6) is -2.05. The second-order valence-electron chi connectivity index (χ2n) is 10.2. The highest BCUT2D eigenvalue weighted by atomic mass is 16.5. The van der Waals surface area contributed by atoms with Crippen molar-refractivity contribution in [1.82, 2.24) is 13.7 Å². The van der Waals surface area contributed by atoms with Gasteiger partial charge in [-0.2, -0.15) is 0 Å². The molecule has 0 fully saturated rings. The lowest BCUT2D eigenvalue weighted by molar-refractivity contribution is -0.663. The van der Waals surface area contributed by atoms with Gasteiger partial charge in [-0.25, -0.2) is 18.7 Å². The van der Waals surface area contributed by atoms with Gasteiger partial charge in [0.15, 0.2) is 11.0 Å². The highest BCUT2D eigenvalue weighted by molar-refractivity contribution is 5.81. The fraction of sp³-hybridized carbons (Fsp3) is 0.250. The second kappa shape index (κ2) is 11.3. The molecule has 0 aliphatic heterocycles. The number of ether oxygens (including phenoxy) is 1. The van der Waals surface area contributed by atoms with Crippen molar-refractivity contribution in [3.05, 3.63) is 128 Å². The number of nitrogens with zero attached hydrogens (tertiary/aromatic N) is 4. The molecular weight excluding hydrogens is 520 g/mol. The maximum absolute atomic E-state index is 14.0. The highest BCUT2D eigenvalue weighted by Crippen LogP contribution is 2.39. The zero-order valence-electron chi connectivity index (χ0n) is 23.5. The standard InChI is InChI=1S/C32H32N4O5/c1-5-41-31(39)28(36-20-35(19-22-11-7-6-8-12-22)24-13-9-10-14-25(24)36)26(23-17-15-21(2)16-18-23)27-29(37)33(3)32(40)34(4)30(27)38/h6-18,20,26,28H,5,19H2,1-4H3/p+1. The summed E-state index contributed by atoms with van der Waals surface area (Å²) in [6, 6.07) is 24.0. The van der Waals surface area contributed by atoms with Gasteiger partial charge < -0.3 is 9.84 Å². The van der Waals surface area contributed by atoms with Crippen LogP contribution < -0.4 is 15.8 Å². The Morgan fingerprint density at radius 2 is 1.59 bits per heavy atom. The average Bonchev–Trinajstić information content (AvgIpc) is 3.33. The molecule has 5 aromatic rings. The molecule has 0 aliphatic rings. The van der Waals surface area contributed by atoms with Gasteiger partial charge in [-0.1, -0.05) is 72.3 Å². The SMILES string of the molecule is CCOC(=O)C(C(c1ccc(C)cc1)c1c(O)n(C)c(=O)n(C)c1=O)n1c[n+](Cc2ccccc2)c2ccccc21. The van der Waals surface area contributed by atoms with Gasteiger partial charge in [0.2, 0.25) is 18.2 Å². The molecular formula is C32H33N4O5+. The quantitative estimate of drug-likeness (QED) is 0.235. The summed E-state index contributed by atoms with van der Waals surface area (Å²) in [5, 5.41) is 11.3. The van der Waals surface area contributed by atoms with Crippen LogP contribution in [0.15, 0.2) is 94.8 Å². The van der Waals surface area contributed by atoms with E-state index in [0.717, 1.165) is 31.3 Å². The Kier molecular flexibility index (Phi) is 7.61. The Morgan fingerprint density at radius 3 is 2.27 bits per heavy atom. The molecule has 3 aromatic carbocycles. The number of aromatic hydroxyl groups is 1. The molecule has 5 rings (SSSR count). The summed E-state index contributed by atoms with van der Waals surface area (Å²) in [5.41, 5.74) is 2.90. The summed E-state index contributed by atoms with van der Waals surface area (Å²) < 4.78 is 11.4. The van der Waals surface area contributed by atoms with Crippen molar-refractivity contribution in [3.8, 4) is 5.88 Å².